The van der Waals surface area contributed by atoms with E-state index in [1.54, 1.807) is 0 Å². The molecule has 0 saturated carbocycles. The van der Waals surface area contributed by atoms with Crippen molar-refractivity contribution in [1.82, 2.24) is 0 Å². The fourth-order valence-electron chi connectivity index (χ4n) is 1.44. The summed E-state index contributed by atoms with van der Waals surface area (Å²) in [5.41, 5.74) is 0. The molecule has 0 nitrogen and oxygen atoms in total. The molecule has 3 aliphatic heterocycles. The van der Waals surface area contributed by atoms with Gasteiger partial charge in [-0.2, -0.15) is 0 Å². The Bertz CT molecular complexity index is 248. The molecule has 10 heteroatoms. The van der Waals surface area contributed by atoms with Crippen LogP contribution in [-0.4, -0.2) is 88.5 Å². The van der Waals surface area contributed by atoms with Crippen LogP contribution >= 0.6 is 76.6 Å². The van der Waals surface area contributed by atoms with Gasteiger partial charge in [-0.1, -0.05) is 0 Å². The molecule has 3 fully saturated rings. The zero-order valence-electron chi connectivity index (χ0n) is 11.0. The van der Waals surface area contributed by atoms with E-state index in [1.165, 1.54) is 46.0 Å². The molecule has 0 aliphatic carbocycles. The Morgan fingerprint density at radius 2 is 0.950 bits per heavy atom. The first-order chi connectivity index (χ1) is 9.90. The molecule has 3 heterocycles. The van der Waals surface area contributed by atoms with Gasteiger partial charge in [-0.05, 0) is 0 Å². The Morgan fingerprint density at radius 1 is 0.600 bits per heavy atom. The van der Waals surface area contributed by atoms with Gasteiger partial charge in [-0.15, -0.1) is 0 Å². The van der Waals surface area contributed by atoms with E-state index in [9.17, 15) is 0 Å². The van der Waals surface area contributed by atoms with Crippen LogP contribution in [-0.2, 0) is 0 Å². The van der Waals surface area contributed by atoms with E-state index in [0.717, 1.165) is 10.5 Å². The summed E-state index contributed by atoms with van der Waals surface area (Å²) in [6.07, 6.45) is 0. The second-order valence-corrected chi connectivity index (χ2v) is 49.9. The summed E-state index contributed by atoms with van der Waals surface area (Å²) in [6.45, 7) is 0. The molecule has 3 aliphatic rings. The molecule has 0 amide bonds. The zero-order chi connectivity index (χ0) is 13.6. The maximum atomic E-state index is 2.45. The molecule has 3 rings (SSSR count). The van der Waals surface area contributed by atoms with Crippen molar-refractivity contribution < 1.29 is 0 Å². The van der Waals surface area contributed by atoms with Crippen molar-refractivity contribution in [3.8, 4) is 0 Å². The van der Waals surface area contributed by atoms with Crippen LogP contribution in [0.4, 0.5) is 0 Å². The van der Waals surface area contributed by atoms with E-state index in [1.807, 2.05) is 0 Å². The first-order valence-corrected chi connectivity index (χ1v) is 33.0. The third kappa shape index (κ3) is 6.98. The van der Waals surface area contributed by atoms with Gasteiger partial charge in [-0.3, -0.25) is 0 Å². The summed E-state index contributed by atoms with van der Waals surface area (Å²) in [4.78, 5) is 0. The summed E-state index contributed by atoms with van der Waals surface area (Å²) in [5, 5.41) is 2.09. The van der Waals surface area contributed by atoms with Gasteiger partial charge in [0.25, 0.3) is 0 Å². The van der Waals surface area contributed by atoms with Crippen molar-refractivity contribution >= 4 is 109 Å². The van der Waals surface area contributed by atoms with Crippen molar-refractivity contribution in [2.75, 3.05) is 46.0 Å². The van der Waals surface area contributed by atoms with Crippen LogP contribution in [0.3, 0.4) is 0 Å². The average molecular weight is 638 g/mol. The second-order valence-electron chi connectivity index (χ2n) is 4.31. The fourth-order valence-corrected chi connectivity index (χ4v) is 63.3. The van der Waals surface area contributed by atoms with Crippen LogP contribution in [0.2, 0.25) is 0 Å². The summed E-state index contributed by atoms with van der Waals surface area (Å²) in [6, 6.07) is 0. The second kappa shape index (κ2) is 11.2. The number of hydrogen-bond donors (Lipinski definition) is 0. The molecule has 0 spiro atoms. The average Bonchev–Trinajstić information content (AvgIpc) is 2.36. The van der Waals surface area contributed by atoms with Crippen molar-refractivity contribution in [2.45, 2.75) is 10.5 Å². The first-order valence-electron chi connectivity index (χ1n) is 6.51. The summed E-state index contributed by atoms with van der Waals surface area (Å²) < 4.78 is 0. The minimum absolute atomic E-state index is 1.04. The molecule has 0 bridgehead atoms. The van der Waals surface area contributed by atoms with E-state index in [0.29, 0.717) is 0 Å². The van der Waals surface area contributed by atoms with Crippen LogP contribution in [0.25, 0.3) is 0 Å². The van der Waals surface area contributed by atoms with Gasteiger partial charge in [0, 0.05) is 0 Å². The molecule has 3 saturated heterocycles. The van der Waals surface area contributed by atoms with E-state index in [4.69, 9.17) is 0 Å². The van der Waals surface area contributed by atoms with Crippen molar-refractivity contribution in [1.29, 1.82) is 0 Å². The van der Waals surface area contributed by atoms with Crippen LogP contribution in [0.5, 0.6) is 0 Å². The number of thioether (sulfide) groups is 2. The predicted octanol–water partition coefficient (Wildman–Crippen LogP) is 4.60. The Hall–Kier alpha value is 4.44. The van der Waals surface area contributed by atoms with Crippen LogP contribution in [0, 0.1) is 0 Å². The van der Waals surface area contributed by atoms with Crippen LogP contribution in [0.15, 0.2) is 0 Å². The third-order valence-corrected chi connectivity index (χ3v) is 56.0. The van der Waals surface area contributed by atoms with Crippen LogP contribution in [0.1, 0.15) is 0 Å². The summed E-state index contributed by atoms with van der Waals surface area (Å²) >= 11 is 2.20. The molecule has 0 unspecified atom stereocenters. The molecule has 20 heavy (non-hydrogen) atoms. The van der Waals surface area contributed by atoms with Crippen molar-refractivity contribution in [2.24, 2.45) is 0 Å². The Kier molecular flexibility index (Phi) is 10.8. The summed E-state index contributed by atoms with van der Waals surface area (Å²) in [7, 11) is 14.6. The number of rotatable bonds is 4. The Labute approximate surface area is 162 Å². The first kappa shape index (κ1) is 19.2. The van der Waals surface area contributed by atoms with Gasteiger partial charge >= 0.3 is 165 Å². The van der Waals surface area contributed by atoms with E-state index < -0.39 is 32.0 Å². The van der Waals surface area contributed by atoms with Gasteiger partial charge in [0.2, 0.25) is 0 Å². The molecule has 0 aromatic carbocycles. The van der Waals surface area contributed by atoms with E-state index in [-0.39, 0.29) is 0 Å². The standard InChI is InChI=1S/2C3H6S2.2C2H6S2.2Sb/c2*4-3-1-5-2-3;2*3-1-2-4;;/h2*3-4H,1-2H2;2*3-4H,1-2H2;;/q;;;;2*+3/p-6. The van der Waals surface area contributed by atoms with E-state index >= 15 is 0 Å². The molecule has 0 aromatic heterocycles. The van der Waals surface area contributed by atoms with Gasteiger partial charge < -0.3 is 0 Å². The molecule has 0 radical (unpaired) electrons. The van der Waals surface area contributed by atoms with Gasteiger partial charge in [-0.25, -0.2) is 0 Å². The monoisotopic (exact) mass is 636 g/mol. The quantitative estimate of drug-likeness (QED) is 0.405. The topological polar surface area (TPSA) is 0 Å². The molecular weight excluding hydrogens is 620 g/mol. The van der Waals surface area contributed by atoms with Crippen LogP contribution < -0.4 is 0 Å². The molecule has 0 aromatic rings. The molecule has 0 atom stereocenters. The van der Waals surface area contributed by atoms with E-state index in [2.05, 4.69) is 76.6 Å². The minimum atomic E-state index is -1.05. The maximum absolute atomic E-state index is 2.45. The van der Waals surface area contributed by atoms with Gasteiger partial charge in [0.15, 0.2) is 0 Å². The predicted molar refractivity (Wildman–Crippen MR) is 119 cm³/mol. The van der Waals surface area contributed by atoms with Crippen molar-refractivity contribution in [3.63, 3.8) is 0 Å². The Balaban J connectivity index is 1.37. The normalized spacial score (nSPS) is 28.8. The Morgan fingerprint density at radius 3 is 1.20 bits per heavy atom. The van der Waals surface area contributed by atoms with Crippen molar-refractivity contribution in [3.05, 3.63) is 0 Å². The third-order valence-electron chi connectivity index (χ3n) is 2.64. The number of hydrogen-bond acceptors (Lipinski definition) is 8. The summed E-state index contributed by atoms with van der Waals surface area (Å²) in [5.74, 6) is 11.7. The molecule has 0 N–H and O–H groups in total. The molecular formula is C10H18S8Sb2. The van der Waals surface area contributed by atoms with Gasteiger partial charge in [0.1, 0.15) is 0 Å². The zero-order valence-corrected chi connectivity index (χ0v) is 22.6. The van der Waals surface area contributed by atoms with Gasteiger partial charge in [0.05, 0.1) is 0 Å². The molecule has 116 valence electrons. The fraction of sp³-hybridized carbons (Fsp3) is 1.00. The SMILES string of the molecule is C1C[S][Sb]([S]C2CSC2)[S]CC[S][Sb]([S]C2CSC2)[S]1.